The molecule has 1 aromatic carbocycles. The molecule has 0 heterocycles. The standard InChI is InChI=1S/C15H22BrNO/c1-11(2)17-10-13-5-6-15(14(16)9-13)18-8-7-12-3-4-12/h5-6,9,11-12,17H,3-4,7-8,10H2,1-2H3. The van der Waals surface area contributed by atoms with E-state index in [4.69, 9.17) is 4.74 Å². The first-order valence-electron chi connectivity index (χ1n) is 6.80. The van der Waals surface area contributed by atoms with Crippen LogP contribution in [0.4, 0.5) is 0 Å². The largest absolute Gasteiger partial charge is 0.492 e. The van der Waals surface area contributed by atoms with E-state index in [2.05, 4.69) is 53.3 Å². The molecule has 1 saturated carbocycles. The second-order valence-corrected chi connectivity index (χ2v) is 6.24. The first-order chi connectivity index (χ1) is 8.65. The zero-order valence-electron chi connectivity index (χ0n) is 11.2. The summed E-state index contributed by atoms with van der Waals surface area (Å²) in [5.41, 5.74) is 1.28. The molecule has 3 heteroatoms. The Morgan fingerprint density at radius 2 is 2.17 bits per heavy atom. The van der Waals surface area contributed by atoms with Crippen LogP contribution >= 0.6 is 15.9 Å². The maximum absolute atomic E-state index is 5.80. The molecule has 0 unspecified atom stereocenters. The van der Waals surface area contributed by atoms with E-state index >= 15 is 0 Å². The minimum absolute atomic E-state index is 0.512. The summed E-state index contributed by atoms with van der Waals surface area (Å²) in [5.74, 6) is 1.89. The van der Waals surface area contributed by atoms with Crippen molar-refractivity contribution in [2.75, 3.05) is 6.61 Å². The van der Waals surface area contributed by atoms with Gasteiger partial charge in [-0.25, -0.2) is 0 Å². The van der Waals surface area contributed by atoms with Gasteiger partial charge in [-0.15, -0.1) is 0 Å². The zero-order valence-corrected chi connectivity index (χ0v) is 12.8. The van der Waals surface area contributed by atoms with Gasteiger partial charge in [0, 0.05) is 12.6 Å². The molecule has 0 amide bonds. The van der Waals surface area contributed by atoms with E-state index in [1.54, 1.807) is 0 Å². The van der Waals surface area contributed by atoms with Gasteiger partial charge in [0.2, 0.25) is 0 Å². The van der Waals surface area contributed by atoms with Crippen LogP contribution in [0, 0.1) is 5.92 Å². The van der Waals surface area contributed by atoms with E-state index in [-0.39, 0.29) is 0 Å². The smallest absolute Gasteiger partial charge is 0.133 e. The second-order valence-electron chi connectivity index (χ2n) is 5.38. The van der Waals surface area contributed by atoms with E-state index in [1.807, 2.05) is 0 Å². The van der Waals surface area contributed by atoms with Gasteiger partial charge in [0.1, 0.15) is 5.75 Å². The van der Waals surface area contributed by atoms with Crippen molar-refractivity contribution in [3.63, 3.8) is 0 Å². The van der Waals surface area contributed by atoms with Gasteiger partial charge in [-0.05, 0) is 46.0 Å². The predicted molar refractivity (Wildman–Crippen MR) is 79.0 cm³/mol. The number of nitrogens with one attached hydrogen (secondary N) is 1. The highest BCUT2D eigenvalue weighted by Gasteiger charge is 2.20. The van der Waals surface area contributed by atoms with Crippen molar-refractivity contribution in [1.82, 2.24) is 5.32 Å². The molecular weight excluding hydrogens is 290 g/mol. The van der Waals surface area contributed by atoms with Crippen LogP contribution in [0.15, 0.2) is 22.7 Å². The van der Waals surface area contributed by atoms with Crippen LogP contribution in [-0.2, 0) is 6.54 Å². The van der Waals surface area contributed by atoms with E-state index in [0.29, 0.717) is 6.04 Å². The lowest BCUT2D eigenvalue weighted by molar-refractivity contribution is 0.300. The van der Waals surface area contributed by atoms with Crippen LogP contribution in [0.3, 0.4) is 0 Å². The average molecular weight is 312 g/mol. The van der Waals surface area contributed by atoms with E-state index < -0.39 is 0 Å². The second kappa shape index (κ2) is 6.58. The molecule has 1 aromatic rings. The van der Waals surface area contributed by atoms with Gasteiger partial charge in [0.15, 0.2) is 0 Å². The van der Waals surface area contributed by atoms with Crippen LogP contribution in [0.5, 0.6) is 5.75 Å². The Kier molecular flexibility index (Phi) is 5.07. The maximum atomic E-state index is 5.80. The first kappa shape index (κ1) is 13.9. The molecule has 0 spiro atoms. The number of rotatable bonds is 7. The minimum Gasteiger partial charge on any atom is -0.492 e. The molecule has 0 bridgehead atoms. The summed E-state index contributed by atoms with van der Waals surface area (Å²) in [7, 11) is 0. The monoisotopic (exact) mass is 311 g/mol. The lowest BCUT2D eigenvalue weighted by atomic mass is 10.2. The Hall–Kier alpha value is -0.540. The highest BCUT2D eigenvalue weighted by Crippen LogP contribution is 2.33. The number of ether oxygens (including phenoxy) is 1. The molecule has 1 N–H and O–H groups in total. The van der Waals surface area contributed by atoms with Crippen LogP contribution < -0.4 is 10.1 Å². The third-order valence-electron chi connectivity index (χ3n) is 3.19. The molecule has 2 rings (SSSR count). The van der Waals surface area contributed by atoms with Gasteiger partial charge in [0.05, 0.1) is 11.1 Å². The molecule has 18 heavy (non-hydrogen) atoms. The normalized spacial score (nSPS) is 15.1. The van der Waals surface area contributed by atoms with Gasteiger partial charge in [-0.2, -0.15) is 0 Å². The van der Waals surface area contributed by atoms with Crippen LogP contribution in [-0.4, -0.2) is 12.6 Å². The van der Waals surface area contributed by atoms with Crippen molar-refractivity contribution >= 4 is 15.9 Å². The lowest BCUT2D eigenvalue weighted by Crippen LogP contribution is -2.21. The highest BCUT2D eigenvalue weighted by atomic mass is 79.9. The Labute approximate surface area is 118 Å². The molecule has 0 radical (unpaired) electrons. The van der Waals surface area contributed by atoms with Gasteiger partial charge >= 0.3 is 0 Å². The zero-order chi connectivity index (χ0) is 13.0. The highest BCUT2D eigenvalue weighted by molar-refractivity contribution is 9.10. The first-order valence-corrected chi connectivity index (χ1v) is 7.59. The van der Waals surface area contributed by atoms with Crippen LogP contribution in [0.25, 0.3) is 0 Å². The Bertz CT molecular complexity index is 388. The predicted octanol–water partition coefficient (Wildman–Crippen LogP) is 4.13. The van der Waals surface area contributed by atoms with Gasteiger partial charge < -0.3 is 10.1 Å². The maximum Gasteiger partial charge on any atom is 0.133 e. The molecule has 1 aliphatic rings. The Balaban J connectivity index is 1.83. The quantitative estimate of drug-likeness (QED) is 0.817. The Morgan fingerprint density at radius 3 is 2.78 bits per heavy atom. The van der Waals surface area contributed by atoms with Gasteiger partial charge in [0.25, 0.3) is 0 Å². The molecular formula is C15H22BrNO. The molecule has 2 nitrogen and oxygen atoms in total. The van der Waals surface area contributed by atoms with E-state index in [0.717, 1.165) is 29.3 Å². The summed E-state index contributed by atoms with van der Waals surface area (Å²) in [4.78, 5) is 0. The number of halogens is 1. The van der Waals surface area contributed by atoms with Crippen molar-refractivity contribution in [1.29, 1.82) is 0 Å². The van der Waals surface area contributed by atoms with Crippen LogP contribution in [0.1, 0.15) is 38.7 Å². The lowest BCUT2D eigenvalue weighted by Gasteiger charge is -2.11. The van der Waals surface area contributed by atoms with Crippen molar-refractivity contribution in [3.8, 4) is 5.75 Å². The summed E-state index contributed by atoms with van der Waals surface area (Å²) in [5, 5.41) is 3.41. The van der Waals surface area contributed by atoms with Crippen molar-refractivity contribution in [2.24, 2.45) is 5.92 Å². The van der Waals surface area contributed by atoms with Crippen molar-refractivity contribution in [3.05, 3.63) is 28.2 Å². The average Bonchev–Trinajstić information content (AvgIpc) is 3.13. The molecule has 0 aromatic heterocycles. The third-order valence-corrected chi connectivity index (χ3v) is 3.81. The van der Waals surface area contributed by atoms with Gasteiger partial charge in [-0.3, -0.25) is 0 Å². The number of benzene rings is 1. The fourth-order valence-electron chi connectivity index (χ4n) is 1.84. The van der Waals surface area contributed by atoms with E-state index in [1.165, 1.54) is 24.8 Å². The summed E-state index contributed by atoms with van der Waals surface area (Å²) in [6.45, 7) is 6.06. The summed E-state index contributed by atoms with van der Waals surface area (Å²) < 4.78 is 6.86. The van der Waals surface area contributed by atoms with Crippen LogP contribution in [0.2, 0.25) is 0 Å². The summed E-state index contributed by atoms with van der Waals surface area (Å²) >= 11 is 3.58. The topological polar surface area (TPSA) is 21.3 Å². The fourth-order valence-corrected chi connectivity index (χ4v) is 2.38. The molecule has 1 fully saturated rings. The van der Waals surface area contributed by atoms with Gasteiger partial charge in [-0.1, -0.05) is 32.8 Å². The van der Waals surface area contributed by atoms with Crippen molar-refractivity contribution < 1.29 is 4.74 Å². The molecule has 0 aliphatic heterocycles. The third kappa shape index (κ3) is 4.62. The fraction of sp³-hybridized carbons (Fsp3) is 0.600. The van der Waals surface area contributed by atoms with Crippen molar-refractivity contribution in [2.45, 2.75) is 45.7 Å². The summed E-state index contributed by atoms with van der Waals surface area (Å²) in [6.07, 6.45) is 3.98. The molecule has 100 valence electrons. The molecule has 1 aliphatic carbocycles. The minimum atomic E-state index is 0.512. The van der Waals surface area contributed by atoms with E-state index in [9.17, 15) is 0 Å². The molecule has 0 saturated heterocycles. The summed E-state index contributed by atoms with van der Waals surface area (Å²) in [6, 6.07) is 6.85. The Morgan fingerprint density at radius 1 is 1.39 bits per heavy atom. The SMILES string of the molecule is CC(C)NCc1ccc(OCCC2CC2)c(Br)c1. The number of hydrogen-bond acceptors (Lipinski definition) is 2. The molecule has 0 atom stereocenters. The number of hydrogen-bond donors (Lipinski definition) is 1.